The maximum Gasteiger partial charge on any atom is 0.223 e. The Morgan fingerprint density at radius 2 is 1.77 bits per heavy atom. The van der Waals surface area contributed by atoms with Gasteiger partial charge in [0.15, 0.2) is 11.5 Å². The van der Waals surface area contributed by atoms with Crippen molar-refractivity contribution >= 4 is 15.9 Å². The maximum atomic E-state index is 12.2. The number of nitrogens with zero attached hydrogens (tertiary/aromatic N) is 2. The van der Waals surface area contributed by atoms with Crippen molar-refractivity contribution in [3.63, 3.8) is 0 Å². The summed E-state index contributed by atoms with van der Waals surface area (Å²) in [5.41, 5.74) is 0.946. The zero-order valence-corrected chi connectivity index (χ0v) is 16.5. The average molecular weight is 384 g/mol. The number of sulfonamides is 1. The first-order valence-electron chi connectivity index (χ1n) is 8.79. The van der Waals surface area contributed by atoms with Crippen LogP contribution >= 0.6 is 0 Å². The highest BCUT2D eigenvalue weighted by molar-refractivity contribution is 7.88. The number of rotatable bonds is 9. The Bertz CT molecular complexity index is 714. The molecule has 0 saturated carbocycles. The van der Waals surface area contributed by atoms with Crippen molar-refractivity contribution in [3.8, 4) is 11.5 Å². The highest BCUT2D eigenvalue weighted by atomic mass is 32.2. The molecule has 8 heteroatoms. The molecule has 7 nitrogen and oxygen atoms in total. The van der Waals surface area contributed by atoms with Gasteiger partial charge in [0.2, 0.25) is 15.9 Å². The Labute approximate surface area is 155 Å². The van der Waals surface area contributed by atoms with Gasteiger partial charge < -0.3 is 14.4 Å². The lowest BCUT2D eigenvalue weighted by Gasteiger charge is -2.22. The number of likely N-dealkylation sites (tertiary alicyclic amines) is 1. The van der Waals surface area contributed by atoms with E-state index in [0.717, 1.165) is 31.5 Å². The molecule has 1 aromatic rings. The van der Waals surface area contributed by atoms with Gasteiger partial charge in [-0.25, -0.2) is 12.7 Å². The number of carbonyl (C=O) groups excluding carboxylic acids is 1. The summed E-state index contributed by atoms with van der Waals surface area (Å²) in [4.78, 5) is 14.0. The first-order chi connectivity index (χ1) is 12.3. The van der Waals surface area contributed by atoms with Crippen LogP contribution in [0.1, 0.15) is 24.8 Å². The first kappa shape index (κ1) is 20.5. The van der Waals surface area contributed by atoms with Crippen molar-refractivity contribution in [2.45, 2.75) is 25.7 Å². The Morgan fingerprint density at radius 3 is 2.35 bits per heavy atom. The molecule has 2 rings (SSSR count). The van der Waals surface area contributed by atoms with E-state index < -0.39 is 10.0 Å². The largest absolute Gasteiger partial charge is 0.493 e. The van der Waals surface area contributed by atoms with Crippen LogP contribution in [-0.2, 0) is 21.2 Å². The van der Waals surface area contributed by atoms with Gasteiger partial charge in [0, 0.05) is 32.6 Å². The lowest BCUT2D eigenvalue weighted by atomic mass is 10.1. The molecule has 1 amide bonds. The minimum Gasteiger partial charge on any atom is -0.493 e. The fourth-order valence-electron chi connectivity index (χ4n) is 3.08. The minimum absolute atomic E-state index is 0.0299. The maximum absolute atomic E-state index is 12.2. The number of ether oxygens (including phenoxy) is 2. The number of methoxy groups -OCH3 is 2. The lowest BCUT2D eigenvalue weighted by Crippen LogP contribution is -2.36. The molecular formula is C18H28N2O5S. The molecule has 0 aliphatic carbocycles. The highest BCUT2D eigenvalue weighted by Crippen LogP contribution is 2.27. The third-order valence-corrected chi connectivity index (χ3v) is 5.90. The predicted molar refractivity (Wildman–Crippen MR) is 100 cm³/mol. The molecule has 1 aromatic carbocycles. The van der Waals surface area contributed by atoms with E-state index in [1.807, 2.05) is 17.0 Å². The SMILES string of the molecule is COc1ccc(CCN(CCC(=O)N2CCCC2)S(C)(=O)=O)cc1OC. The Hall–Kier alpha value is -1.80. The standard InChI is InChI=1S/C18H28N2O5S/c1-24-16-7-6-15(14-17(16)25-2)8-12-20(26(3,22)23)13-9-18(21)19-10-4-5-11-19/h6-7,14H,4-5,8-13H2,1-3H3. The van der Waals surface area contributed by atoms with Gasteiger partial charge >= 0.3 is 0 Å². The van der Waals surface area contributed by atoms with Crippen LogP contribution in [0.5, 0.6) is 11.5 Å². The number of carbonyl (C=O) groups is 1. The Morgan fingerprint density at radius 1 is 1.12 bits per heavy atom. The number of benzene rings is 1. The quantitative estimate of drug-likeness (QED) is 0.645. The Balaban J connectivity index is 1.96. The van der Waals surface area contributed by atoms with Crippen molar-refractivity contribution in [1.82, 2.24) is 9.21 Å². The second-order valence-electron chi connectivity index (χ2n) is 6.44. The van der Waals surface area contributed by atoms with Crippen LogP contribution in [0.4, 0.5) is 0 Å². The molecule has 1 aliphatic rings. The van der Waals surface area contributed by atoms with Gasteiger partial charge in [0.25, 0.3) is 0 Å². The molecule has 0 radical (unpaired) electrons. The van der Waals surface area contributed by atoms with Gasteiger partial charge in [0.05, 0.1) is 20.5 Å². The summed E-state index contributed by atoms with van der Waals surface area (Å²) in [7, 11) is -0.242. The molecule has 0 aromatic heterocycles. The minimum atomic E-state index is -3.38. The van der Waals surface area contributed by atoms with E-state index in [2.05, 4.69) is 0 Å². The van der Waals surface area contributed by atoms with Crippen LogP contribution in [0.25, 0.3) is 0 Å². The molecular weight excluding hydrogens is 356 g/mol. The zero-order chi connectivity index (χ0) is 19.2. The topological polar surface area (TPSA) is 76.2 Å². The van der Waals surface area contributed by atoms with Gasteiger partial charge in [0.1, 0.15) is 0 Å². The molecule has 1 aliphatic heterocycles. The van der Waals surface area contributed by atoms with E-state index in [1.165, 1.54) is 10.6 Å². The van der Waals surface area contributed by atoms with E-state index in [1.54, 1.807) is 20.3 Å². The zero-order valence-electron chi connectivity index (χ0n) is 15.7. The monoisotopic (exact) mass is 384 g/mol. The van der Waals surface area contributed by atoms with Crippen LogP contribution in [0.2, 0.25) is 0 Å². The fourth-order valence-corrected chi connectivity index (χ4v) is 3.92. The third-order valence-electron chi connectivity index (χ3n) is 4.60. The van der Waals surface area contributed by atoms with E-state index >= 15 is 0 Å². The fraction of sp³-hybridized carbons (Fsp3) is 0.611. The van der Waals surface area contributed by atoms with Crippen molar-refractivity contribution in [3.05, 3.63) is 23.8 Å². The van der Waals surface area contributed by atoms with Crippen LogP contribution in [0, 0.1) is 0 Å². The molecule has 0 bridgehead atoms. The number of hydrogen-bond donors (Lipinski definition) is 0. The van der Waals surface area contributed by atoms with Crippen LogP contribution in [0.3, 0.4) is 0 Å². The summed E-state index contributed by atoms with van der Waals surface area (Å²) >= 11 is 0. The van der Waals surface area contributed by atoms with E-state index in [9.17, 15) is 13.2 Å². The van der Waals surface area contributed by atoms with Crippen molar-refractivity contribution in [2.24, 2.45) is 0 Å². The molecule has 26 heavy (non-hydrogen) atoms. The number of amides is 1. The summed E-state index contributed by atoms with van der Waals surface area (Å²) in [5, 5.41) is 0. The van der Waals surface area contributed by atoms with Crippen LogP contribution in [0.15, 0.2) is 18.2 Å². The summed E-state index contributed by atoms with van der Waals surface area (Å²) in [6.45, 7) is 2.09. The third kappa shape index (κ3) is 5.60. The Kier molecular flexibility index (Phi) is 7.28. The molecule has 1 fully saturated rings. The molecule has 0 spiro atoms. The second-order valence-corrected chi connectivity index (χ2v) is 8.42. The summed E-state index contributed by atoms with van der Waals surface area (Å²) < 4.78 is 36.0. The van der Waals surface area contributed by atoms with Gasteiger partial charge in [-0.1, -0.05) is 6.07 Å². The predicted octanol–water partition coefficient (Wildman–Crippen LogP) is 1.52. The average Bonchev–Trinajstić information content (AvgIpc) is 3.14. The van der Waals surface area contributed by atoms with Crippen LogP contribution in [-0.4, -0.2) is 70.2 Å². The van der Waals surface area contributed by atoms with Crippen molar-refractivity contribution < 1.29 is 22.7 Å². The lowest BCUT2D eigenvalue weighted by molar-refractivity contribution is -0.130. The molecule has 0 atom stereocenters. The van der Waals surface area contributed by atoms with Gasteiger partial charge in [-0.3, -0.25) is 4.79 Å². The highest BCUT2D eigenvalue weighted by Gasteiger charge is 2.22. The van der Waals surface area contributed by atoms with Crippen LogP contribution < -0.4 is 9.47 Å². The van der Waals surface area contributed by atoms with Crippen molar-refractivity contribution in [1.29, 1.82) is 0 Å². The van der Waals surface area contributed by atoms with Gasteiger partial charge in [-0.15, -0.1) is 0 Å². The van der Waals surface area contributed by atoms with E-state index in [0.29, 0.717) is 24.5 Å². The molecule has 0 unspecified atom stereocenters. The second kappa shape index (κ2) is 9.23. The normalized spacial score (nSPS) is 14.7. The molecule has 1 heterocycles. The van der Waals surface area contributed by atoms with E-state index in [4.69, 9.17) is 9.47 Å². The molecule has 1 saturated heterocycles. The van der Waals surface area contributed by atoms with Gasteiger partial charge in [-0.2, -0.15) is 0 Å². The van der Waals surface area contributed by atoms with Crippen molar-refractivity contribution in [2.75, 3.05) is 46.7 Å². The summed E-state index contributed by atoms with van der Waals surface area (Å²) in [6.07, 6.45) is 3.99. The van der Waals surface area contributed by atoms with E-state index in [-0.39, 0.29) is 18.9 Å². The smallest absolute Gasteiger partial charge is 0.223 e. The molecule has 146 valence electrons. The molecule has 0 N–H and O–H groups in total. The van der Waals surface area contributed by atoms with Gasteiger partial charge in [-0.05, 0) is 37.0 Å². The summed E-state index contributed by atoms with van der Waals surface area (Å²) in [6, 6.07) is 5.53. The number of hydrogen-bond acceptors (Lipinski definition) is 5. The first-order valence-corrected chi connectivity index (χ1v) is 10.6. The summed E-state index contributed by atoms with van der Waals surface area (Å²) in [5.74, 6) is 1.27.